The molecule has 120 valence electrons. The molecule has 0 fully saturated rings. The van der Waals surface area contributed by atoms with E-state index in [1.807, 2.05) is 37.3 Å². The van der Waals surface area contributed by atoms with Crippen molar-refractivity contribution in [3.63, 3.8) is 0 Å². The number of para-hydroxylation sites is 1. The van der Waals surface area contributed by atoms with Crippen molar-refractivity contribution in [2.24, 2.45) is 0 Å². The first-order valence-electron chi connectivity index (χ1n) is 7.08. The standard InChI is InChI=1S/C17H17ClN2O3/c1-3-20(13-7-5-4-6-8-13)17(22)19-15-11-12(16(21)23-2)9-10-14(15)18/h4-11H,3H2,1-2H3,(H,19,22). The quantitative estimate of drug-likeness (QED) is 0.854. The van der Waals surface area contributed by atoms with Crippen LogP contribution < -0.4 is 10.2 Å². The lowest BCUT2D eigenvalue weighted by atomic mass is 10.2. The van der Waals surface area contributed by atoms with Gasteiger partial charge in [-0.05, 0) is 37.3 Å². The van der Waals surface area contributed by atoms with Crippen molar-refractivity contribution >= 4 is 35.0 Å². The highest BCUT2D eigenvalue weighted by Crippen LogP contribution is 2.24. The van der Waals surface area contributed by atoms with Crippen LogP contribution in [-0.2, 0) is 4.74 Å². The average molecular weight is 333 g/mol. The maximum absolute atomic E-state index is 12.5. The summed E-state index contributed by atoms with van der Waals surface area (Å²) in [5, 5.41) is 3.07. The molecular formula is C17H17ClN2O3. The topological polar surface area (TPSA) is 58.6 Å². The summed E-state index contributed by atoms with van der Waals surface area (Å²) in [6.45, 7) is 2.36. The van der Waals surface area contributed by atoms with Crippen LogP contribution in [0.2, 0.25) is 5.02 Å². The number of urea groups is 1. The van der Waals surface area contributed by atoms with Gasteiger partial charge in [0.05, 0.1) is 23.4 Å². The third kappa shape index (κ3) is 4.02. The number of esters is 1. The highest BCUT2D eigenvalue weighted by molar-refractivity contribution is 6.34. The largest absolute Gasteiger partial charge is 0.465 e. The van der Waals surface area contributed by atoms with Gasteiger partial charge < -0.3 is 10.1 Å². The van der Waals surface area contributed by atoms with E-state index in [-0.39, 0.29) is 6.03 Å². The second kappa shape index (κ2) is 7.65. The molecule has 0 radical (unpaired) electrons. The van der Waals surface area contributed by atoms with Crippen LogP contribution in [0.3, 0.4) is 0 Å². The third-order valence-electron chi connectivity index (χ3n) is 3.26. The fraction of sp³-hybridized carbons (Fsp3) is 0.176. The molecule has 0 saturated heterocycles. The van der Waals surface area contributed by atoms with Crippen molar-refractivity contribution in [2.75, 3.05) is 23.9 Å². The maximum Gasteiger partial charge on any atom is 0.337 e. The van der Waals surface area contributed by atoms with Gasteiger partial charge in [-0.25, -0.2) is 9.59 Å². The van der Waals surface area contributed by atoms with E-state index in [9.17, 15) is 9.59 Å². The van der Waals surface area contributed by atoms with E-state index in [0.29, 0.717) is 22.8 Å². The minimum Gasteiger partial charge on any atom is -0.465 e. The number of nitrogens with one attached hydrogen (secondary N) is 1. The molecule has 6 heteroatoms. The van der Waals surface area contributed by atoms with Crippen molar-refractivity contribution in [3.8, 4) is 0 Å². The Bertz CT molecular complexity index is 704. The average Bonchev–Trinajstić information content (AvgIpc) is 2.57. The summed E-state index contributed by atoms with van der Waals surface area (Å²) in [4.78, 5) is 25.6. The van der Waals surface area contributed by atoms with Crippen LogP contribution in [0.1, 0.15) is 17.3 Å². The van der Waals surface area contributed by atoms with E-state index >= 15 is 0 Å². The summed E-state index contributed by atoms with van der Waals surface area (Å²) in [5.74, 6) is -0.493. The van der Waals surface area contributed by atoms with Crippen molar-refractivity contribution in [1.29, 1.82) is 0 Å². The number of benzene rings is 2. The Morgan fingerprint density at radius 3 is 2.48 bits per heavy atom. The van der Waals surface area contributed by atoms with Crippen LogP contribution in [0, 0.1) is 0 Å². The van der Waals surface area contributed by atoms with Crippen LogP contribution in [0.15, 0.2) is 48.5 Å². The Balaban J connectivity index is 2.23. The van der Waals surface area contributed by atoms with Crippen LogP contribution in [0.25, 0.3) is 0 Å². The van der Waals surface area contributed by atoms with E-state index in [4.69, 9.17) is 11.6 Å². The van der Waals surface area contributed by atoms with Gasteiger partial charge in [-0.3, -0.25) is 4.90 Å². The first kappa shape index (κ1) is 16.8. The van der Waals surface area contributed by atoms with Gasteiger partial charge in [0.25, 0.3) is 0 Å². The van der Waals surface area contributed by atoms with Gasteiger partial charge in [0.15, 0.2) is 0 Å². The molecule has 0 aliphatic rings. The summed E-state index contributed by atoms with van der Waals surface area (Å²) >= 11 is 6.10. The van der Waals surface area contributed by atoms with E-state index in [1.54, 1.807) is 17.0 Å². The number of rotatable bonds is 4. The summed E-state index contributed by atoms with van der Waals surface area (Å²) in [5.41, 5.74) is 1.44. The molecular weight excluding hydrogens is 316 g/mol. The molecule has 0 atom stereocenters. The Kier molecular flexibility index (Phi) is 5.60. The Hall–Kier alpha value is -2.53. The lowest BCUT2D eigenvalue weighted by Crippen LogP contribution is -2.34. The zero-order valence-corrected chi connectivity index (χ0v) is 13.6. The third-order valence-corrected chi connectivity index (χ3v) is 3.59. The van der Waals surface area contributed by atoms with Crippen molar-refractivity contribution in [2.45, 2.75) is 6.92 Å². The number of hydrogen-bond donors (Lipinski definition) is 1. The molecule has 2 aromatic carbocycles. The number of carbonyl (C=O) groups is 2. The Morgan fingerprint density at radius 2 is 1.87 bits per heavy atom. The van der Waals surface area contributed by atoms with Gasteiger partial charge in [0, 0.05) is 12.2 Å². The fourth-order valence-electron chi connectivity index (χ4n) is 2.10. The summed E-state index contributed by atoms with van der Waals surface area (Å²) in [6, 6.07) is 13.5. The molecule has 0 saturated carbocycles. The predicted molar refractivity (Wildman–Crippen MR) is 91.3 cm³/mol. The number of anilines is 2. The molecule has 0 heterocycles. The monoisotopic (exact) mass is 332 g/mol. The fourth-order valence-corrected chi connectivity index (χ4v) is 2.26. The first-order chi connectivity index (χ1) is 11.1. The molecule has 0 aliphatic carbocycles. The molecule has 2 aromatic rings. The number of hydrogen-bond acceptors (Lipinski definition) is 3. The molecule has 2 rings (SSSR count). The smallest absolute Gasteiger partial charge is 0.337 e. The number of methoxy groups -OCH3 is 1. The lowest BCUT2D eigenvalue weighted by Gasteiger charge is -2.22. The first-order valence-corrected chi connectivity index (χ1v) is 7.46. The lowest BCUT2D eigenvalue weighted by molar-refractivity contribution is 0.0600. The Labute approximate surface area is 139 Å². The molecule has 1 N–H and O–H groups in total. The van der Waals surface area contributed by atoms with Gasteiger partial charge >= 0.3 is 12.0 Å². The van der Waals surface area contributed by atoms with Gasteiger partial charge in [-0.1, -0.05) is 29.8 Å². The number of nitrogens with zero attached hydrogens (tertiary/aromatic N) is 1. The molecule has 0 aliphatic heterocycles. The molecule has 0 bridgehead atoms. The van der Waals surface area contributed by atoms with Crippen LogP contribution in [-0.4, -0.2) is 25.7 Å². The summed E-state index contributed by atoms with van der Waals surface area (Å²) < 4.78 is 4.67. The van der Waals surface area contributed by atoms with E-state index < -0.39 is 5.97 Å². The van der Waals surface area contributed by atoms with Crippen molar-refractivity contribution in [3.05, 3.63) is 59.1 Å². The van der Waals surface area contributed by atoms with Gasteiger partial charge in [-0.15, -0.1) is 0 Å². The summed E-state index contributed by atoms with van der Waals surface area (Å²) in [7, 11) is 1.30. The normalized spacial score (nSPS) is 10.0. The minimum atomic E-state index is -0.493. The predicted octanol–water partition coefficient (Wildman–Crippen LogP) is 4.19. The zero-order valence-electron chi connectivity index (χ0n) is 12.9. The molecule has 0 unspecified atom stereocenters. The van der Waals surface area contributed by atoms with Crippen molar-refractivity contribution < 1.29 is 14.3 Å². The highest BCUT2D eigenvalue weighted by atomic mass is 35.5. The highest BCUT2D eigenvalue weighted by Gasteiger charge is 2.16. The van der Waals surface area contributed by atoms with E-state index in [2.05, 4.69) is 10.1 Å². The molecule has 0 aromatic heterocycles. The molecule has 5 nitrogen and oxygen atoms in total. The molecule has 23 heavy (non-hydrogen) atoms. The van der Waals surface area contributed by atoms with E-state index in [0.717, 1.165) is 5.69 Å². The molecule has 2 amide bonds. The van der Waals surface area contributed by atoms with Gasteiger partial charge in [0.1, 0.15) is 0 Å². The number of amides is 2. The zero-order chi connectivity index (χ0) is 16.8. The minimum absolute atomic E-state index is 0.315. The van der Waals surface area contributed by atoms with E-state index in [1.165, 1.54) is 13.2 Å². The molecule has 0 spiro atoms. The Morgan fingerprint density at radius 1 is 1.17 bits per heavy atom. The number of halogens is 1. The number of ether oxygens (including phenoxy) is 1. The van der Waals surface area contributed by atoms with Crippen LogP contribution >= 0.6 is 11.6 Å². The van der Waals surface area contributed by atoms with Crippen molar-refractivity contribution in [1.82, 2.24) is 0 Å². The second-order valence-electron chi connectivity index (χ2n) is 4.70. The maximum atomic E-state index is 12.5. The second-order valence-corrected chi connectivity index (χ2v) is 5.10. The number of carbonyl (C=O) groups excluding carboxylic acids is 2. The van der Waals surface area contributed by atoms with Gasteiger partial charge in [0.2, 0.25) is 0 Å². The van der Waals surface area contributed by atoms with Gasteiger partial charge in [-0.2, -0.15) is 0 Å². The van der Waals surface area contributed by atoms with Crippen LogP contribution in [0.5, 0.6) is 0 Å². The summed E-state index contributed by atoms with van der Waals surface area (Å²) in [6.07, 6.45) is 0. The van der Waals surface area contributed by atoms with Crippen LogP contribution in [0.4, 0.5) is 16.2 Å². The SMILES string of the molecule is CCN(C(=O)Nc1cc(C(=O)OC)ccc1Cl)c1ccccc1.